The lowest BCUT2D eigenvalue weighted by Crippen LogP contribution is -2.18. The molecule has 0 aliphatic heterocycles. The van der Waals surface area contributed by atoms with Gasteiger partial charge >= 0.3 is 0 Å². The Balaban J connectivity index is 2.91. The van der Waals surface area contributed by atoms with Gasteiger partial charge in [-0.25, -0.2) is 4.98 Å². The second kappa shape index (κ2) is 5.04. The van der Waals surface area contributed by atoms with E-state index in [0.29, 0.717) is 0 Å². The highest BCUT2D eigenvalue weighted by atomic mass is 32.2. The fourth-order valence-electron chi connectivity index (χ4n) is 1.33. The van der Waals surface area contributed by atoms with Crippen molar-refractivity contribution >= 4 is 11.8 Å². The summed E-state index contributed by atoms with van der Waals surface area (Å²) in [7, 11) is 0. The normalized spacial score (nSPS) is 11.8. The maximum atomic E-state index is 11.6. The van der Waals surface area contributed by atoms with Gasteiger partial charge in [-0.15, -0.1) is 11.8 Å². The van der Waals surface area contributed by atoms with Crippen LogP contribution in [0.15, 0.2) is 4.79 Å². The summed E-state index contributed by atoms with van der Waals surface area (Å²) in [5.41, 5.74) is 1.65. The molecule has 1 aromatic heterocycles. The Labute approximate surface area is 101 Å². The summed E-state index contributed by atoms with van der Waals surface area (Å²) < 4.78 is 0.190. The molecule has 0 saturated carbocycles. The van der Waals surface area contributed by atoms with Crippen molar-refractivity contribution in [3.05, 3.63) is 27.4 Å². The van der Waals surface area contributed by atoms with Crippen molar-refractivity contribution < 1.29 is 0 Å². The highest BCUT2D eigenvalue weighted by molar-refractivity contribution is 7.99. The Morgan fingerprint density at radius 3 is 2.50 bits per heavy atom. The molecule has 1 aromatic rings. The largest absolute Gasteiger partial charge is 0.310 e. The molecule has 4 heteroatoms. The minimum Gasteiger partial charge on any atom is -0.310 e. The highest BCUT2D eigenvalue weighted by Crippen LogP contribution is 2.25. The van der Waals surface area contributed by atoms with Gasteiger partial charge in [-0.05, 0) is 13.3 Å². The van der Waals surface area contributed by atoms with Gasteiger partial charge in [-0.3, -0.25) is 4.79 Å². The number of hydrogen-bond acceptors (Lipinski definition) is 3. The molecule has 0 atom stereocenters. The zero-order chi connectivity index (χ0) is 12.3. The van der Waals surface area contributed by atoms with Gasteiger partial charge in [0, 0.05) is 10.3 Å². The van der Waals surface area contributed by atoms with Crippen LogP contribution in [0.25, 0.3) is 0 Å². The van der Waals surface area contributed by atoms with Gasteiger partial charge in [0.25, 0.3) is 5.56 Å². The maximum absolute atomic E-state index is 11.6. The minimum atomic E-state index is -0.00337. The van der Waals surface area contributed by atoms with Crippen molar-refractivity contribution in [2.45, 2.75) is 51.5 Å². The summed E-state index contributed by atoms with van der Waals surface area (Å²) in [5.74, 6) is 1.54. The summed E-state index contributed by atoms with van der Waals surface area (Å²) in [6.07, 6.45) is 0.808. The van der Waals surface area contributed by atoms with Crippen LogP contribution in [0.4, 0.5) is 0 Å². The number of thioether (sulfide) groups is 1. The van der Waals surface area contributed by atoms with Crippen LogP contribution in [0.5, 0.6) is 0 Å². The van der Waals surface area contributed by atoms with E-state index in [1.165, 1.54) is 0 Å². The van der Waals surface area contributed by atoms with Gasteiger partial charge < -0.3 is 4.98 Å². The first-order chi connectivity index (χ1) is 7.33. The maximum Gasteiger partial charge on any atom is 0.254 e. The van der Waals surface area contributed by atoms with E-state index in [0.717, 1.165) is 29.3 Å². The molecule has 0 aromatic carbocycles. The minimum absolute atomic E-state index is 0.00337. The molecule has 90 valence electrons. The summed E-state index contributed by atoms with van der Waals surface area (Å²) in [4.78, 5) is 19.0. The van der Waals surface area contributed by atoms with E-state index in [4.69, 9.17) is 0 Å². The van der Waals surface area contributed by atoms with E-state index >= 15 is 0 Å². The summed E-state index contributed by atoms with van der Waals surface area (Å²) in [6, 6.07) is 0. The predicted molar refractivity (Wildman–Crippen MR) is 70.0 cm³/mol. The van der Waals surface area contributed by atoms with Crippen LogP contribution in [0.2, 0.25) is 0 Å². The Morgan fingerprint density at radius 1 is 1.38 bits per heavy atom. The molecule has 1 rings (SSSR count). The lowest BCUT2D eigenvalue weighted by atomic mass is 10.2. The molecule has 0 saturated heterocycles. The van der Waals surface area contributed by atoms with Crippen LogP contribution < -0.4 is 5.56 Å². The highest BCUT2D eigenvalue weighted by Gasteiger charge is 2.12. The quantitative estimate of drug-likeness (QED) is 0.883. The van der Waals surface area contributed by atoms with Crippen LogP contribution >= 0.6 is 11.8 Å². The number of aryl methyl sites for hydroxylation is 1. The number of rotatable bonds is 3. The van der Waals surface area contributed by atoms with Crippen molar-refractivity contribution in [3.8, 4) is 0 Å². The van der Waals surface area contributed by atoms with Crippen LogP contribution in [-0.2, 0) is 12.2 Å². The van der Waals surface area contributed by atoms with Gasteiger partial charge in [0.15, 0.2) is 0 Å². The van der Waals surface area contributed by atoms with Crippen molar-refractivity contribution in [3.63, 3.8) is 0 Å². The van der Waals surface area contributed by atoms with Crippen LogP contribution in [0.3, 0.4) is 0 Å². The fraction of sp³-hybridized carbons (Fsp3) is 0.667. The van der Waals surface area contributed by atoms with E-state index < -0.39 is 0 Å². The molecular weight excluding hydrogens is 220 g/mol. The second-order valence-corrected chi connectivity index (χ2v) is 6.64. The molecular formula is C12H20N2OS. The van der Waals surface area contributed by atoms with Crippen molar-refractivity contribution in [2.24, 2.45) is 0 Å². The van der Waals surface area contributed by atoms with E-state index in [-0.39, 0.29) is 10.3 Å². The fourth-order valence-corrected chi connectivity index (χ4v) is 2.03. The van der Waals surface area contributed by atoms with Gasteiger partial charge in [0.05, 0.1) is 11.4 Å². The van der Waals surface area contributed by atoms with Gasteiger partial charge in [-0.1, -0.05) is 27.7 Å². The van der Waals surface area contributed by atoms with Crippen molar-refractivity contribution in [2.75, 3.05) is 0 Å². The summed E-state index contributed by atoms with van der Waals surface area (Å²) in [6.45, 7) is 10.3. The second-order valence-electron chi connectivity index (χ2n) is 4.84. The number of aromatic amines is 1. The lowest BCUT2D eigenvalue weighted by molar-refractivity contribution is 0.798. The SMILES string of the molecule is CCc1nc(CSC(C)(C)C)[nH]c(=O)c1C. The number of aromatic nitrogens is 2. The van der Waals surface area contributed by atoms with Gasteiger partial charge in [0.2, 0.25) is 0 Å². The standard InChI is InChI=1S/C12H20N2OS/c1-6-9-8(2)11(15)14-10(13-9)7-16-12(3,4)5/h6-7H2,1-5H3,(H,13,14,15). The molecule has 0 unspecified atom stereocenters. The third-order valence-electron chi connectivity index (χ3n) is 2.28. The average molecular weight is 240 g/mol. The molecule has 0 aliphatic carbocycles. The molecule has 3 nitrogen and oxygen atoms in total. The van der Waals surface area contributed by atoms with Crippen LogP contribution in [-0.4, -0.2) is 14.7 Å². The summed E-state index contributed by atoms with van der Waals surface area (Å²) >= 11 is 1.79. The van der Waals surface area contributed by atoms with E-state index in [2.05, 4.69) is 30.7 Å². The average Bonchev–Trinajstić information content (AvgIpc) is 2.18. The predicted octanol–water partition coefficient (Wildman–Crippen LogP) is 2.67. The van der Waals surface area contributed by atoms with E-state index in [9.17, 15) is 4.79 Å². The smallest absolute Gasteiger partial charge is 0.254 e. The molecule has 0 bridgehead atoms. The zero-order valence-corrected chi connectivity index (χ0v) is 11.5. The van der Waals surface area contributed by atoms with E-state index in [1.807, 2.05) is 13.8 Å². The first-order valence-electron chi connectivity index (χ1n) is 5.56. The van der Waals surface area contributed by atoms with Crippen molar-refractivity contribution in [1.29, 1.82) is 0 Å². The molecule has 0 radical (unpaired) electrons. The molecule has 1 N–H and O–H groups in total. The third-order valence-corrected chi connectivity index (χ3v) is 3.56. The molecule has 0 aliphatic rings. The number of H-pyrrole nitrogens is 1. The molecule has 0 spiro atoms. The molecule has 1 heterocycles. The Hall–Kier alpha value is -0.770. The summed E-state index contributed by atoms with van der Waals surface area (Å²) in [5, 5.41) is 0. The van der Waals surface area contributed by atoms with Gasteiger partial charge in [-0.2, -0.15) is 0 Å². The van der Waals surface area contributed by atoms with Crippen LogP contribution in [0.1, 0.15) is 44.8 Å². The number of nitrogens with zero attached hydrogens (tertiary/aromatic N) is 1. The lowest BCUT2D eigenvalue weighted by Gasteiger charge is -2.17. The number of nitrogens with one attached hydrogen (secondary N) is 1. The molecule has 0 fully saturated rings. The molecule has 0 amide bonds. The van der Waals surface area contributed by atoms with E-state index in [1.54, 1.807) is 11.8 Å². The Morgan fingerprint density at radius 2 is 2.00 bits per heavy atom. The first kappa shape index (κ1) is 13.3. The first-order valence-corrected chi connectivity index (χ1v) is 6.54. The Kier molecular flexibility index (Phi) is 4.19. The third kappa shape index (κ3) is 3.67. The van der Waals surface area contributed by atoms with Crippen LogP contribution in [0, 0.1) is 6.92 Å². The monoisotopic (exact) mass is 240 g/mol. The topological polar surface area (TPSA) is 45.8 Å². The van der Waals surface area contributed by atoms with Crippen molar-refractivity contribution in [1.82, 2.24) is 9.97 Å². The zero-order valence-electron chi connectivity index (χ0n) is 10.7. The number of hydrogen-bond donors (Lipinski definition) is 1. The molecule has 16 heavy (non-hydrogen) atoms. The Bertz CT molecular complexity index is 418. The van der Waals surface area contributed by atoms with Gasteiger partial charge in [0.1, 0.15) is 5.82 Å².